The minimum absolute atomic E-state index is 0.429. The van der Waals surface area contributed by atoms with Gasteiger partial charge in [-0.15, -0.1) is 0 Å². The summed E-state index contributed by atoms with van der Waals surface area (Å²) >= 11 is 0. The van der Waals surface area contributed by atoms with Gasteiger partial charge in [0, 0.05) is 52.5 Å². The first-order valence-corrected chi connectivity index (χ1v) is 11.1. The van der Waals surface area contributed by atoms with Crippen molar-refractivity contribution in [2.75, 3.05) is 56.7 Å². The Balaban J connectivity index is 1.30. The molecule has 2 aromatic heterocycles. The molecule has 0 spiro atoms. The van der Waals surface area contributed by atoms with Gasteiger partial charge in [0.1, 0.15) is 0 Å². The van der Waals surface area contributed by atoms with Gasteiger partial charge in [0.25, 0.3) is 0 Å². The van der Waals surface area contributed by atoms with E-state index in [1.807, 2.05) is 0 Å². The van der Waals surface area contributed by atoms with Crippen LogP contribution in [0.3, 0.4) is 0 Å². The molecule has 1 aromatic carbocycles. The molecule has 0 radical (unpaired) electrons. The molecule has 5 rings (SSSR count). The zero-order valence-electron chi connectivity index (χ0n) is 18.0. The Bertz CT molecular complexity index is 999. The first kappa shape index (κ1) is 20.1. The lowest BCUT2D eigenvalue weighted by molar-refractivity contribution is 0.198. The van der Waals surface area contributed by atoms with Crippen molar-refractivity contribution < 1.29 is 9.37 Å². The SMILES string of the molecule is COCCCNc1nc2nonc2nc1N1CCCN(C2Cc3ccccc3C2)CC1. The molecule has 0 atom stereocenters. The van der Waals surface area contributed by atoms with Crippen LogP contribution in [0.4, 0.5) is 11.6 Å². The Labute approximate surface area is 181 Å². The van der Waals surface area contributed by atoms with Gasteiger partial charge in [0.15, 0.2) is 11.6 Å². The van der Waals surface area contributed by atoms with Crippen LogP contribution in [0, 0.1) is 0 Å². The van der Waals surface area contributed by atoms with Gasteiger partial charge in [-0.2, -0.15) is 0 Å². The minimum atomic E-state index is 0.429. The van der Waals surface area contributed by atoms with Gasteiger partial charge in [-0.1, -0.05) is 24.3 Å². The van der Waals surface area contributed by atoms with Crippen LogP contribution < -0.4 is 10.2 Å². The van der Waals surface area contributed by atoms with Crippen LogP contribution in [0.25, 0.3) is 11.3 Å². The molecule has 3 aromatic rings. The maximum Gasteiger partial charge on any atom is 0.245 e. The fourth-order valence-electron chi connectivity index (χ4n) is 4.70. The molecule has 3 heterocycles. The Morgan fingerprint density at radius 3 is 2.58 bits per heavy atom. The number of hydrogen-bond donors (Lipinski definition) is 1. The number of aromatic nitrogens is 4. The quantitative estimate of drug-likeness (QED) is 0.574. The highest BCUT2D eigenvalue weighted by molar-refractivity contribution is 5.74. The highest BCUT2D eigenvalue weighted by atomic mass is 16.6. The largest absolute Gasteiger partial charge is 0.385 e. The second-order valence-corrected chi connectivity index (χ2v) is 8.29. The van der Waals surface area contributed by atoms with Gasteiger partial charge in [-0.25, -0.2) is 14.6 Å². The van der Waals surface area contributed by atoms with Crippen LogP contribution in [-0.4, -0.2) is 77.7 Å². The van der Waals surface area contributed by atoms with E-state index in [0.717, 1.165) is 70.0 Å². The molecule has 1 aliphatic heterocycles. The van der Waals surface area contributed by atoms with Crippen LogP contribution in [0.5, 0.6) is 0 Å². The lowest BCUT2D eigenvalue weighted by Gasteiger charge is -2.28. The van der Waals surface area contributed by atoms with Gasteiger partial charge >= 0.3 is 0 Å². The summed E-state index contributed by atoms with van der Waals surface area (Å²) in [6.45, 7) is 5.42. The van der Waals surface area contributed by atoms with E-state index in [2.05, 4.69) is 54.7 Å². The maximum absolute atomic E-state index is 5.16. The number of nitrogens with one attached hydrogen (secondary N) is 1. The number of hydrogen-bond acceptors (Lipinski definition) is 9. The molecule has 2 aliphatic rings. The van der Waals surface area contributed by atoms with E-state index in [4.69, 9.17) is 14.3 Å². The first-order chi connectivity index (χ1) is 15.3. The van der Waals surface area contributed by atoms with Crippen LogP contribution in [-0.2, 0) is 17.6 Å². The summed E-state index contributed by atoms with van der Waals surface area (Å²) in [5, 5.41) is 11.2. The van der Waals surface area contributed by atoms with Crippen molar-refractivity contribution in [3.63, 3.8) is 0 Å². The summed E-state index contributed by atoms with van der Waals surface area (Å²) in [6.07, 6.45) is 4.28. The van der Waals surface area contributed by atoms with Gasteiger partial charge in [0.2, 0.25) is 11.3 Å². The number of ether oxygens (including phenoxy) is 1. The first-order valence-electron chi connectivity index (χ1n) is 11.1. The van der Waals surface area contributed by atoms with Crippen molar-refractivity contribution in [3.8, 4) is 0 Å². The highest BCUT2D eigenvalue weighted by Gasteiger charge is 2.29. The second kappa shape index (κ2) is 9.15. The van der Waals surface area contributed by atoms with Crippen LogP contribution in [0.2, 0.25) is 0 Å². The average Bonchev–Trinajstić information content (AvgIpc) is 3.36. The molecule has 9 nitrogen and oxygen atoms in total. The van der Waals surface area contributed by atoms with Gasteiger partial charge < -0.3 is 15.0 Å². The summed E-state index contributed by atoms with van der Waals surface area (Å²) in [5.74, 6) is 1.57. The molecule has 1 fully saturated rings. The molecule has 9 heteroatoms. The van der Waals surface area contributed by atoms with Crippen molar-refractivity contribution in [1.29, 1.82) is 0 Å². The zero-order chi connectivity index (χ0) is 21.0. The van der Waals surface area contributed by atoms with E-state index >= 15 is 0 Å². The average molecular weight is 424 g/mol. The van der Waals surface area contributed by atoms with E-state index in [9.17, 15) is 0 Å². The van der Waals surface area contributed by atoms with Crippen molar-refractivity contribution in [2.45, 2.75) is 31.7 Å². The number of nitrogens with zero attached hydrogens (tertiary/aromatic N) is 6. The van der Waals surface area contributed by atoms with E-state index < -0.39 is 0 Å². The molecule has 0 saturated carbocycles. The van der Waals surface area contributed by atoms with Crippen molar-refractivity contribution in [2.24, 2.45) is 0 Å². The number of anilines is 2. The summed E-state index contributed by atoms with van der Waals surface area (Å²) < 4.78 is 10.0. The fourth-order valence-corrected chi connectivity index (χ4v) is 4.70. The molecular formula is C22H29N7O2. The summed E-state index contributed by atoms with van der Waals surface area (Å²) in [6, 6.07) is 9.45. The Kier molecular flexibility index (Phi) is 5.95. The third kappa shape index (κ3) is 4.33. The Hall–Kier alpha value is -2.78. The van der Waals surface area contributed by atoms with E-state index in [1.54, 1.807) is 7.11 Å². The predicted molar refractivity (Wildman–Crippen MR) is 118 cm³/mol. The smallest absolute Gasteiger partial charge is 0.245 e. The Morgan fingerprint density at radius 2 is 1.81 bits per heavy atom. The number of fused-ring (bicyclic) bond motifs is 2. The molecule has 1 saturated heterocycles. The van der Waals surface area contributed by atoms with Gasteiger partial charge in [-0.3, -0.25) is 4.90 Å². The number of benzene rings is 1. The van der Waals surface area contributed by atoms with E-state index in [1.165, 1.54) is 11.1 Å². The normalized spacial score (nSPS) is 17.8. The van der Waals surface area contributed by atoms with Crippen molar-refractivity contribution >= 4 is 22.9 Å². The number of methoxy groups -OCH3 is 1. The fraction of sp³-hybridized carbons (Fsp3) is 0.545. The molecule has 164 valence electrons. The lowest BCUT2D eigenvalue weighted by Crippen LogP contribution is -2.39. The van der Waals surface area contributed by atoms with Crippen molar-refractivity contribution in [3.05, 3.63) is 35.4 Å². The number of rotatable bonds is 7. The van der Waals surface area contributed by atoms with Crippen LogP contribution in [0.1, 0.15) is 24.0 Å². The third-order valence-corrected chi connectivity index (χ3v) is 6.29. The highest BCUT2D eigenvalue weighted by Crippen LogP contribution is 2.28. The van der Waals surface area contributed by atoms with Gasteiger partial charge in [-0.05, 0) is 47.1 Å². The molecule has 1 N–H and O–H groups in total. The second-order valence-electron chi connectivity index (χ2n) is 8.29. The Morgan fingerprint density at radius 1 is 1.03 bits per heavy atom. The van der Waals surface area contributed by atoms with E-state index in [0.29, 0.717) is 23.9 Å². The van der Waals surface area contributed by atoms with Crippen molar-refractivity contribution in [1.82, 2.24) is 25.2 Å². The molecular weight excluding hydrogens is 394 g/mol. The molecule has 31 heavy (non-hydrogen) atoms. The zero-order valence-corrected chi connectivity index (χ0v) is 18.0. The summed E-state index contributed by atoms with van der Waals surface area (Å²) in [5.41, 5.74) is 3.89. The predicted octanol–water partition coefficient (Wildman–Crippen LogP) is 2.14. The third-order valence-electron chi connectivity index (χ3n) is 6.29. The molecule has 1 aliphatic carbocycles. The minimum Gasteiger partial charge on any atom is -0.385 e. The van der Waals surface area contributed by atoms with Crippen LogP contribution in [0.15, 0.2) is 28.9 Å². The van der Waals surface area contributed by atoms with E-state index in [-0.39, 0.29) is 0 Å². The topological polar surface area (TPSA) is 92.4 Å². The molecule has 0 bridgehead atoms. The lowest BCUT2D eigenvalue weighted by atomic mass is 10.1. The monoisotopic (exact) mass is 423 g/mol. The summed E-state index contributed by atoms with van der Waals surface area (Å²) in [4.78, 5) is 14.3. The molecule has 0 unspecified atom stereocenters. The maximum atomic E-state index is 5.16. The summed E-state index contributed by atoms with van der Waals surface area (Å²) in [7, 11) is 1.71. The van der Waals surface area contributed by atoms with Gasteiger partial charge in [0.05, 0.1) is 0 Å². The standard InChI is InChI=1S/C22H29N7O2/c1-30-13-4-8-23-21-22(25-20-19(24-21)26-31-27-20)29-10-5-9-28(11-12-29)18-14-16-6-2-3-7-17(16)15-18/h2-3,6-7,18H,4-5,8-15H2,1H3,(H,23,24,26). The molecule has 0 amide bonds. The van der Waals surface area contributed by atoms with Crippen LogP contribution >= 0.6 is 0 Å².